The number of alkyl halides is 3. The van der Waals surface area contributed by atoms with Crippen molar-refractivity contribution < 1.29 is 22.7 Å². The van der Waals surface area contributed by atoms with Crippen LogP contribution in [0.25, 0.3) is 11.0 Å². The molecule has 0 bridgehead atoms. The van der Waals surface area contributed by atoms with Crippen molar-refractivity contribution in [3.63, 3.8) is 0 Å². The summed E-state index contributed by atoms with van der Waals surface area (Å²) >= 11 is 11.5. The maximum atomic E-state index is 13.0. The highest BCUT2D eigenvalue weighted by Crippen LogP contribution is 2.36. The Morgan fingerprint density at radius 2 is 2.05 bits per heavy atom. The third-order valence-corrected chi connectivity index (χ3v) is 3.22. The molecule has 0 saturated heterocycles. The fourth-order valence-corrected chi connectivity index (χ4v) is 2.00. The minimum Gasteiger partial charge on any atom is -0.449 e. The number of nitrogens with zero attached hydrogens (tertiary/aromatic N) is 2. The summed E-state index contributed by atoms with van der Waals surface area (Å²) in [6, 6.07) is 2.51. The van der Waals surface area contributed by atoms with E-state index in [1.54, 1.807) is 0 Å². The summed E-state index contributed by atoms with van der Waals surface area (Å²) in [7, 11) is 0. The average Bonchev–Trinajstić information content (AvgIpc) is 2.74. The van der Waals surface area contributed by atoms with Gasteiger partial charge in [0.25, 0.3) is 0 Å². The molecule has 0 N–H and O–H groups in total. The summed E-state index contributed by atoms with van der Waals surface area (Å²) in [6.07, 6.45) is -6.01. The van der Waals surface area contributed by atoms with E-state index in [-0.39, 0.29) is 27.7 Å². The molecule has 0 radical (unpaired) electrons. The number of fused-ring (bicyclic) bond motifs is 1. The van der Waals surface area contributed by atoms with Gasteiger partial charge >= 0.3 is 12.3 Å². The third-order valence-electron chi connectivity index (χ3n) is 2.42. The zero-order valence-corrected chi connectivity index (χ0v) is 11.5. The van der Waals surface area contributed by atoms with Crippen LogP contribution in [0.1, 0.15) is 12.7 Å². The molecule has 0 aliphatic heterocycles. The monoisotopic (exact) mass is 326 g/mol. The second kappa shape index (κ2) is 5.14. The van der Waals surface area contributed by atoms with Gasteiger partial charge < -0.3 is 4.74 Å². The molecule has 20 heavy (non-hydrogen) atoms. The van der Waals surface area contributed by atoms with E-state index in [4.69, 9.17) is 23.2 Å². The molecule has 0 aliphatic carbocycles. The summed E-state index contributed by atoms with van der Waals surface area (Å²) in [5.41, 5.74) is -0.329. The van der Waals surface area contributed by atoms with Gasteiger partial charge in [-0.1, -0.05) is 23.2 Å². The van der Waals surface area contributed by atoms with Crippen LogP contribution < -0.4 is 0 Å². The molecule has 0 atom stereocenters. The molecule has 9 heteroatoms. The number of carbonyl (C=O) groups excluding carboxylic acids is 1. The number of carbonyl (C=O) groups is 1. The maximum absolute atomic E-state index is 13.0. The molecular formula is C11H7Cl2F3N2O2. The molecule has 1 heterocycles. The van der Waals surface area contributed by atoms with E-state index >= 15 is 0 Å². The van der Waals surface area contributed by atoms with Gasteiger partial charge in [0.15, 0.2) is 0 Å². The van der Waals surface area contributed by atoms with E-state index < -0.39 is 18.1 Å². The molecule has 2 rings (SSSR count). The van der Waals surface area contributed by atoms with Gasteiger partial charge in [-0.15, -0.1) is 0 Å². The van der Waals surface area contributed by atoms with Crippen LogP contribution in [-0.2, 0) is 10.9 Å². The number of halogens is 5. The first-order valence-electron chi connectivity index (χ1n) is 5.38. The van der Waals surface area contributed by atoms with Crippen molar-refractivity contribution in [3.8, 4) is 0 Å². The van der Waals surface area contributed by atoms with Gasteiger partial charge in [0.1, 0.15) is 5.52 Å². The van der Waals surface area contributed by atoms with Crippen LogP contribution in [0.2, 0.25) is 10.0 Å². The topological polar surface area (TPSA) is 44.1 Å². The minimum atomic E-state index is -4.83. The molecule has 2 aromatic rings. The molecule has 0 spiro atoms. The Morgan fingerprint density at radius 1 is 1.40 bits per heavy atom. The van der Waals surface area contributed by atoms with Crippen molar-refractivity contribution in [1.29, 1.82) is 0 Å². The Morgan fingerprint density at radius 3 is 2.60 bits per heavy atom. The number of hydrogen-bond acceptors (Lipinski definition) is 3. The average molecular weight is 327 g/mol. The molecule has 0 saturated carbocycles. The molecule has 0 fully saturated rings. The Labute approximate surface area is 121 Å². The van der Waals surface area contributed by atoms with E-state index in [0.717, 1.165) is 0 Å². The van der Waals surface area contributed by atoms with Gasteiger partial charge in [-0.05, 0) is 19.1 Å². The van der Waals surface area contributed by atoms with Crippen LogP contribution in [0, 0.1) is 0 Å². The molecule has 4 nitrogen and oxygen atoms in total. The van der Waals surface area contributed by atoms with E-state index in [1.807, 2.05) is 0 Å². The van der Waals surface area contributed by atoms with Gasteiger partial charge in [-0.2, -0.15) is 13.2 Å². The van der Waals surface area contributed by atoms with Crippen molar-refractivity contribution >= 4 is 40.3 Å². The Hall–Kier alpha value is -1.47. The van der Waals surface area contributed by atoms with E-state index in [1.165, 1.54) is 19.1 Å². The molecule has 0 unspecified atom stereocenters. The number of ether oxygens (including phenoxy) is 1. The number of aromatic nitrogens is 2. The van der Waals surface area contributed by atoms with Crippen molar-refractivity contribution in [2.75, 3.05) is 6.61 Å². The maximum Gasteiger partial charge on any atom is 0.450 e. The lowest BCUT2D eigenvalue weighted by Gasteiger charge is -2.09. The first-order chi connectivity index (χ1) is 9.27. The van der Waals surface area contributed by atoms with Crippen molar-refractivity contribution in [3.05, 3.63) is 28.0 Å². The number of rotatable bonds is 1. The van der Waals surface area contributed by atoms with E-state index in [2.05, 4.69) is 9.72 Å². The van der Waals surface area contributed by atoms with Crippen molar-refractivity contribution in [2.24, 2.45) is 0 Å². The van der Waals surface area contributed by atoms with Gasteiger partial charge in [0.05, 0.1) is 22.2 Å². The van der Waals surface area contributed by atoms with Crippen LogP contribution in [0.15, 0.2) is 12.1 Å². The minimum absolute atomic E-state index is 0.0430. The van der Waals surface area contributed by atoms with E-state index in [9.17, 15) is 18.0 Å². The smallest absolute Gasteiger partial charge is 0.449 e. The second-order valence-electron chi connectivity index (χ2n) is 3.70. The second-order valence-corrected chi connectivity index (χ2v) is 4.48. The van der Waals surface area contributed by atoms with Gasteiger partial charge in [-0.3, -0.25) is 0 Å². The molecular weight excluding hydrogens is 320 g/mol. The van der Waals surface area contributed by atoms with Crippen LogP contribution in [0.4, 0.5) is 18.0 Å². The summed E-state index contributed by atoms with van der Waals surface area (Å²) in [5, 5.41) is -0.112. The molecule has 0 amide bonds. The summed E-state index contributed by atoms with van der Waals surface area (Å²) in [4.78, 5) is 15.1. The number of imidazole rings is 1. The fraction of sp³-hybridized carbons (Fsp3) is 0.273. The lowest BCUT2D eigenvalue weighted by molar-refractivity contribution is -0.146. The van der Waals surface area contributed by atoms with Crippen LogP contribution >= 0.6 is 23.2 Å². The highest BCUT2D eigenvalue weighted by Gasteiger charge is 2.40. The van der Waals surface area contributed by atoms with Gasteiger partial charge in [0.2, 0.25) is 5.82 Å². The quantitative estimate of drug-likeness (QED) is 0.781. The summed E-state index contributed by atoms with van der Waals surface area (Å²) in [5.74, 6) is -1.41. The molecule has 0 aliphatic rings. The standard InChI is InChI=1S/C11H7Cl2F3N2O2/c1-2-20-10(19)18-6-4-3-5(12)7(13)8(6)17-9(18)11(14,15)16/h3-4H,2H2,1H3. The first kappa shape index (κ1) is 14.9. The molecule has 1 aromatic carbocycles. The summed E-state index contributed by atoms with van der Waals surface area (Å²) in [6.45, 7) is 1.41. The Bertz CT molecular complexity index is 682. The lowest BCUT2D eigenvalue weighted by atomic mass is 10.3. The predicted octanol–water partition coefficient (Wildman–Crippen LogP) is 4.37. The SMILES string of the molecule is CCOC(=O)n1c(C(F)(F)F)nc2c(Cl)c(Cl)ccc21. The predicted molar refractivity (Wildman–Crippen MR) is 67.2 cm³/mol. The van der Waals surface area contributed by atoms with Crippen molar-refractivity contribution in [1.82, 2.24) is 9.55 Å². The Kier molecular flexibility index (Phi) is 3.84. The van der Waals surface area contributed by atoms with Gasteiger partial charge in [0, 0.05) is 0 Å². The van der Waals surface area contributed by atoms with Crippen molar-refractivity contribution in [2.45, 2.75) is 13.1 Å². The molecule has 1 aromatic heterocycles. The zero-order valence-electron chi connectivity index (χ0n) is 9.96. The number of benzene rings is 1. The lowest BCUT2D eigenvalue weighted by Crippen LogP contribution is -2.22. The van der Waals surface area contributed by atoms with Crippen LogP contribution in [-0.4, -0.2) is 22.3 Å². The van der Waals surface area contributed by atoms with E-state index in [0.29, 0.717) is 4.57 Å². The zero-order chi connectivity index (χ0) is 15.1. The summed E-state index contributed by atoms with van der Waals surface area (Å²) < 4.78 is 43.8. The normalized spacial score (nSPS) is 11.9. The van der Waals surface area contributed by atoms with Crippen LogP contribution in [0.3, 0.4) is 0 Å². The molecule has 108 valence electrons. The first-order valence-corrected chi connectivity index (χ1v) is 6.13. The Balaban J connectivity index is 2.81. The highest BCUT2D eigenvalue weighted by molar-refractivity contribution is 6.45. The fourth-order valence-electron chi connectivity index (χ4n) is 1.65. The third kappa shape index (κ3) is 2.43. The van der Waals surface area contributed by atoms with Crippen LogP contribution in [0.5, 0.6) is 0 Å². The van der Waals surface area contributed by atoms with Gasteiger partial charge in [-0.25, -0.2) is 14.3 Å². The highest BCUT2D eigenvalue weighted by atomic mass is 35.5. The largest absolute Gasteiger partial charge is 0.450 e. The number of hydrogen-bond donors (Lipinski definition) is 0.